The number of benzene rings is 1. The smallest absolute Gasteiger partial charge is 0.337 e. The molecule has 7 nitrogen and oxygen atoms in total. The summed E-state index contributed by atoms with van der Waals surface area (Å²) in [6.45, 7) is 3.63. The summed E-state index contributed by atoms with van der Waals surface area (Å²) in [5, 5.41) is 15.2. The number of anilines is 1. The number of esters is 1. The van der Waals surface area contributed by atoms with E-state index < -0.39 is 12.0 Å². The molecule has 3 rings (SSSR count). The van der Waals surface area contributed by atoms with Crippen LogP contribution in [0.2, 0.25) is 0 Å². The maximum absolute atomic E-state index is 12.4. The first-order valence-corrected chi connectivity index (χ1v) is 9.45. The lowest BCUT2D eigenvalue weighted by atomic mass is 9.93. The highest BCUT2D eigenvalue weighted by atomic mass is 16.5. The van der Waals surface area contributed by atoms with Gasteiger partial charge in [-0.2, -0.15) is 0 Å². The molecule has 146 valence electrons. The van der Waals surface area contributed by atoms with E-state index in [-0.39, 0.29) is 12.1 Å². The van der Waals surface area contributed by atoms with E-state index in [1.165, 1.54) is 7.11 Å². The molecule has 27 heavy (non-hydrogen) atoms. The topological polar surface area (TPSA) is 90.9 Å². The van der Waals surface area contributed by atoms with E-state index in [1.807, 2.05) is 31.2 Å². The Morgan fingerprint density at radius 3 is 2.52 bits per heavy atom. The number of urea groups is 1. The Labute approximate surface area is 159 Å². The summed E-state index contributed by atoms with van der Waals surface area (Å²) < 4.78 is 4.96. The number of aliphatic hydroxyl groups excluding tert-OH is 1. The molecule has 1 saturated heterocycles. The van der Waals surface area contributed by atoms with Gasteiger partial charge in [0.1, 0.15) is 0 Å². The highest BCUT2D eigenvalue weighted by Gasteiger charge is 2.33. The highest BCUT2D eigenvalue weighted by molar-refractivity contribution is 5.95. The van der Waals surface area contributed by atoms with Gasteiger partial charge in [0, 0.05) is 24.5 Å². The molecule has 0 radical (unpaired) electrons. The molecule has 1 aromatic carbocycles. The highest BCUT2D eigenvalue weighted by Crippen LogP contribution is 2.31. The minimum atomic E-state index is -0.537. The van der Waals surface area contributed by atoms with Gasteiger partial charge in [-0.1, -0.05) is 25.5 Å². The zero-order valence-corrected chi connectivity index (χ0v) is 15.8. The number of piperidine rings is 1. The normalized spacial score (nSPS) is 20.9. The Morgan fingerprint density at radius 1 is 1.26 bits per heavy atom. The minimum absolute atomic E-state index is 0.213. The van der Waals surface area contributed by atoms with Crippen LogP contribution in [0.25, 0.3) is 0 Å². The lowest BCUT2D eigenvalue weighted by Crippen LogP contribution is -2.45. The van der Waals surface area contributed by atoms with E-state index in [9.17, 15) is 14.7 Å². The number of methoxy groups -OCH3 is 1. The van der Waals surface area contributed by atoms with Crippen LogP contribution in [-0.4, -0.2) is 43.4 Å². The van der Waals surface area contributed by atoms with Crippen LogP contribution >= 0.6 is 0 Å². The first-order chi connectivity index (χ1) is 13.0. The van der Waals surface area contributed by atoms with Gasteiger partial charge in [-0.3, -0.25) is 0 Å². The number of nitrogens with zero attached hydrogens (tertiary/aromatic N) is 1. The van der Waals surface area contributed by atoms with Crippen molar-refractivity contribution in [2.24, 2.45) is 0 Å². The van der Waals surface area contributed by atoms with Gasteiger partial charge >= 0.3 is 12.0 Å². The van der Waals surface area contributed by atoms with Crippen LogP contribution in [0, 0.1) is 0 Å². The number of amides is 2. The molecule has 2 amide bonds. The summed E-state index contributed by atoms with van der Waals surface area (Å²) in [6, 6.07) is 7.01. The van der Waals surface area contributed by atoms with Gasteiger partial charge in [0.25, 0.3) is 0 Å². The van der Waals surface area contributed by atoms with Crippen molar-refractivity contribution in [1.29, 1.82) is 0 Å². The Hall–Kier alpha value is -2.54. The molecule has 2 aliphatic heterocycles. The molecule has 0 spiro atoms. The number of hydrogen-bond acceptors (Lipinski definition) is 5. The molecule has 1 fully saturated rings. The van der Waals surface area contributed by atoms with E-state index in [1.54, 1.807) is 0 Å². The van der Waals surface area contributed by atoms with Gasteiger partial charge in [-0.15, -0.1) is 0 Å². The third kappa shape index (κ3) is 4.24. The fourth-order valence-corrected chi connectivity index (χ4v) is 3.67. The lowest BCUT2D eigenvalue weighted by Gasteiger charge is -2.32. The van der Waals surface area contributed by atoms with Crippen LogP contribution in [0.15, 0.2) is 35.5 Å². The average molecular weight is 373 g/mol. The summed E-state index contributed by atoms with van der Waals surface area (Å²) in [7, 11) is 1.35. The molecular formula is C20H27N3O4. The van der Waals surface area contributed by atoms with Crippen LogP contribution < -0.4 is 15.5 Å². The van der Waals surface area contributed by atoms with Crippen molar-refractivity contribution in [1.82, 2.24) is 10.6 Å². The number of nitrogens with one attached hydrogen (secondary N) is 2. The molecule has 0 aromatic heterocycles. The maximum atomic E-state index is 12.4. The molecule has 0 saturated carbocycles. The predicted molar refractivity (Wildman–Crippen MR) is 102 cm³/mol. The molecule has 1 atom stereocenters. The Morgan fingerprint density at radius 2 is 1.93 bits per heavy atom. The molecular weight excluding hydrogens is 346 g/mol. The number of ether oxygens (including phenoxy) is 1. The van der Waals surface area contributed by atoms with Gasteiger partial charge in [0.2, 0.25) is 0 Å². The number of hydrogen-bond donors (Lipinski definition) is 3. The number of carbonyl (C=O) groups excluding carboxylic acids is 2. The quantitative estimate of drug-likeness (QED) is 0.689. The SMILES string of the molecule is CCCC1=C(C(=O)OC)C(c2ccc(N3CCC(O)CC3)cc2)NC(=O)N1. The van der Waals surface area contributed by atoms with Crippen LogP contribution in [0.5, 0.6) is 0 Å². The molecule has 2 heterocycles. The van der Waals surface area contributed by atoms with E-state index in [0.29, 0.717) is 17.7 Å². The molecule has 1 unspecified atom stereocenters. The molecule has 7 heteroatoms. The Bertz CT molecular complexity index is 721. The second kappa shape index (κ2) is 8.43. The summed E-state index contributed by atoms with van der Waals surface area (Å²) in [6.07, 6.45) is 2.73. The van der Waals surface area contributed by atoms with Gasteiger partial charge in [-0.05, 0) is 37.0 Å². The van der Waals surface area contributed by atoms with E-state index in [0.717, 1.165) is 43.6 Å². The van der Waals surface area contributed by atoms with Crippen molar-refractivity contribution < 1.29 is 19.4 Å². The summed E-state index contributed by atoms with van der Waals surface area (Å²) in [5.41, 5.74) is 2.97. The zero-order chi connectivity index (χ0) is 19.4. The molecule has 3 N–H and O–H groups in total. The third-order valence-electron chi connectivity index (χ3n) is 5.12. The minimum Gasteiger partial charge on any atom is -0.466 e. The molecule has 1 aromatic rings. The molecule has 2 aliphatic rings. The van der Waals surface area contributed by atoms with Crippen molar-refractivity contribution in [2.45, 2.75) is 44.8 Å². The van der Waals surface area contributed by atoms with Crippen LogP contribution in [0.3, 0.4) is 0 Å². The lowest BCUT2D eigenvalue weighted by molar-refractivity contribution is -0.136. The standard InChI is InChI=1S/C20H27N3O4/c1-3-4-16-17(19(25)27-2)18(22-20(26)21-16)13-5-7-14(8-6-13)23-11-9-15(24)10-12-23/h5-8,15,18,24H,3-4,9-12H2,1-2H3,(H2,21,22,26). The van der Waals surface area contributed by atoms with Crippen molar-refractivity contribution in [3.05, 3.63) is 41.1 Å². The molecule has 0 bridgehead atoms. The fraction of sp³-hybridized carbons (Fsp3) is 0.500. The van der Waals surface area contributed by atoms with Crippen molar-refractivity contribution in [3.63, 3.8) is 0 Å². The van der Waals surface area contributed by atoms with E-state index in [4.69, 9.17) is 4.74 Å². The number of carbonyl (C=O) groups is 2. The third-order valence-corrected chi connectivity index (χ3v) is 5.12. The Kier molecular flexibility index (Phi) is 6.01. The van der Waals surface area contributed by atoms with Crippen molar-refractivity contribution in [2.75, 3.05) is 25.1 Å². The van der Waals surface area contributed by atoms with Crippen LogP contribution in [0.4, 0.5) is 10.5 Å². The van der Waals surface area contributed by atoms with Gasteiger partial charge in [0.15, 0.2) is 0 Å². The largest absolute Gasteiger partial charge is 0.466 e. The molecule has 0 aliphatic carbocycles. The maximum Gasteiger partial charge on any atom is 0.337 e. The summed E-state index contributed by atoms with van der Waals surface area (Å²) >= 11 is 0. The first kappa shape index (κ1) is 19.2. The first-order valence-electron chi connectivity index (χ1n) is 9.45. The number of rotatable bonds is 5. The van der Waals surface area contributed by atoms with Gasteiger partial charge < -0.3 is 25.4 Å². The van der Waals surface area contributed by atoms with Crippen molar-refractivity contribution >= 4 is 17.7 Å². The van der Waals surface area contributed by atoms with Crippen molar-refractivity contribution in [3.8, 4) is 0 Å². The summed E-state index contributed by atoms with van der Waals surface area (Å²) in [5.74, 6) is -0.440. The average Bonchev–Trinajstić information content (AvgIpc) is 2.68. The summed E-state index contributed by atoms with van der Waals surface area (Å²) in [4.78, 5) is 26.7. The van der Waals surface area contributed by atoms with Crippen LogP contribution in [-0.2, 0) is 9.53 Å². The second-order valence-corrected chi connectivity index (χ2v) is 6.98. The monoisotopic (exact) mass is 373 g/mol. The number of aliphatic hydroxyl groups is 1. The van der Waals surface area contributed by atoms with Gasteiger partial charge in [0.05, 0.1) is 24.8 Å². The van der Waals surface area contributed by atoms with E-state index >= 15 is 0 Å². The second-order valence-electron chi connectivity index (χ2n) is 6.98. The Balaban J connectivity index is 1.87. The zero-order valence-electron chi connectivity index (χ0n) is 15.8. The number of allylic oxidation sites excluding steroid dienone is 1. The van der Waals surface area contributed by atoms with Gasteiger partial charge in [-0.25, -0.2) is 9.59 Å². The van der Waals surface area contributed by atoms with E-state index in [2.05, 4.69) is 15.5 Å². The fourth-order valence-electron chi connectivity index (χ4n) is 3.67. The van der Waals surface area contributed by atoms with Crippen LogP contribution in [0.1, 0.15) is 44.2 Å². The predicted octanol–water partition coefficient (Wildman–Crippen LogP) is 2.23.